The van der Waals surface area contributed by atoms with Gasteiger partial charge in [0.25, 0.3) is 0 Å². The highest BCUT2D eigenvalue weighted by molar-refractivity contribution is 7.11. The van der Waals surface area contributed by atoms with Gasteiger partial charge in [-0.1, -0.05) is 11.3 Å². The highest BCUT2D eigenvalue weighted by atomic mass is 32.1. The number of aliphatic hydroxyl groups excluding tert-OH is 1. The van der Waals surface area contributed by atoms with E-state index < -0.39 is 6.29 Å². The number of aliphatic hydroxyl groups is 2. The first-order valence-electron chi connectivity index (χ1n) is 2.36. The van der Waals surface area contributed by atoms with Crippen molar-refractivity contribution in [2.45, 2.75) is 13.2 Å². The molecule has 1 aromatic rings. The lowest BCUT2D eigenvalue weighted by molar-refractivity contribution is -0.0430. The summed E-state index contributed by atoms with van der Waals surface area (Å²) in [5.41, 5.74) is 0. The summed E-state index contributed by atoms with van der Waals surface area (Å²) in [7, 11) is 0. The van der Waals surface area contributed by atoms with Crippen LogP contribution in [0.15, 0.2) is 0 Å². The van der Waals surface area contributed by atoms with Crippen molar-refractivity contribution in [2.24, 2.45) is 0 Å². The molecule has 1 rings (SSSR count). The van der Waals surface area contributed by atoms with Crippen LogP contribution in [0, 0.1) is 6.92 Å². The Morgan fingerprint density at radius 2 is 2.11 bits per heavy atom. The Morgan fingerprint density at radius 3 is 2.33 bits per heavy atom. The molecule has 0 saturated heterocycles. The molecular weight excluding hydrogens is 140 g/mol. The van der Waals surface area contributed by atoms with Crippen molar-refractivity contribution in [3.8, 4) is 0 Å². The summed E-state index contributed by atoms with van der Waals surface area (Å²) in [6, 6.07) is 0. The molecule has 0 amide bonds. The number of rotatable bonds is 1. The molecule has 1 heterocycles. The molecule has 0 aliphatic carbocycles. The minimum Gasteiger partial charge on any atom is -0.362 e. The summed E-state index contributed by atoms with van der Waals surface area (Å²) in [6.45, 7) is 1.75. The molecule has 1 aromatic heterocycles. The minimum absolute atomic E-state index is 0.243. The maximum absolute atomic E-state index is 8.50. The summed E-state index contributed by atoms with van der Waals surface area (Å²) in [6.07, 6.45) is -1.48. The number of aryl methyl sites for hydroxylation is 1. The van der Waals surface area contributed by atoms with Crippen LogP contribution in [0.5, 0.6) is 0 Å². The van der Waals surface area contributed by atoms with Crippen LogP contribution >= 0.6 is 11.3 Å². The molecule has 0 unspecified atom stereocenters. The quantitative estimate of drug-likeness (QED) is 0.540. The second kappa shape index (κ2) is 2.38. The van der Waals surface area contributed by atoms with Crippen molar-refractivity contribution in [1.82, 2.24) is 10.2 Å². The van der Waals surface area contributed by atoms with Crippen molar-refractivity contribution in [1.29, 1.82) is 0 Å². The molecule has 2 N–H and O–H groups in total. The van der Waals surface area contributed by atoms with Crippen molar-refractivity contribution >= 4 is 11.3 Å². The summed E-state index contributed by atoms with van der Waals surface area (Å²) in [4.78, 5) is 0. The SMILES string of the molecule is Cc1nnc(C(O)O)s1. The Balaban J connectivity index is 2.85. The Morgan fingerprint density at radius 1 is 1.44 bits per heavy atom. The second-order valence-corrected chi connectivity index (χ2v) is 2.75. The highest BCUT2D eigenvalue weighted by Gasteiger charge is 2.06. The summed E-state index contributed by atoms with van der Waals surface area (Å²) in [5, 5.41) is 25.0. The first-order valence-corrected chi connectivity index (χ1v) is 3.18. The van der Waals surface area contributed by atoms with Crippen LogP contribution in [0.3, 0.4) is 0 Å². The summed E-state index contributed by atoms with van der Waals surface area (Å²) in [5.74, 6) is 0. The zero-order valence-electron chi connectivity index (χ0n) is 4.77. The largest absolute Gasteiger partial charge is 0.362 e. The van der Waals surface area contributed by atoms with E-state index in [1.807, 2.05) is 0 Å². The van der Waals surface area contributed by atoms with E-state index in [0.717, 1.165) is 5.01 Å². The van der Waals surface area contributed by atoms with Gasteiger partial charge in [-0.25, -0.2) is 0 Å². The van der Waals surface area contributed by atoms with Crippen molar-refractivity contribution < 1.29 is 10.2 Å². The molecule has 0 spiro atoms. The third-order valence-corrected chi connectivity index (χ3v) is 1.64. The Kier molecular flexibility index (Phi) is 1.75. The molecule has 0 aliphatic rings. The second-order valence-electron chi connectivity index (χ2n) is 1.53. The van der Waals surface area contributed by atoms with E-state index >= 15 is 0 Å². The molecule has 9 heavy (non-hydrogen) atoms. The number of nitrogens with zero attached hydrogens (tertiary/aromatic N) is 2. The zero-order valence-corrected chi connectivity index (χ0v) is 5.59. The van der Waals surface area contributed by atoms with E-state index in [1.54, 1.807) is 6.92 Å². The van der Waals surface area contributed by atoms with Crippen molar-refractivity contribution in [3.05, 3.63) is 10.0 Å². The Bertz CT molecular complexity index is 198. The lowest BCUT2D eigenvalue weighted by Crippen LogP contribution is -1.92. The summed E-state index contributed by atoms with van der Waals surface area (Å²) >= 11 is 1.17. The molecule has 0 radical (unpaired) electrons. The lowest BCUT2D eigenvalue weighted by Gasteiger charge is -1.91. The smallest absolute Gasteiger partial charge is 0.207 e. The predicted molar refractivity (Wildman–Crippen MR) is 31.8 cm³/mol. The van der Waals surface area contributed by atoms with Gasteiger partial charge < -0.3 is 10.2 Å². The zero-order chi connectivity index (χ0) is 6.85. The van der Waals surface area contributed by atoms with Crippen LogP contribution in [0.2, 0.25) is 0 Å². The number of aromatic nitrogens is 2. The van der Waals surface area contributed by atoms with E-state index in [4.69, 9.17) is 10.2 Å². The van der Waals surface area contributed by atoms with E-state index in [0.29, 0.717) is 0 Å². The van der Waals surface area contributed by atoms with Gasteiger partial charge in [0.05, 0.1) is 0 Å². The molecule has 0 saturated carbocycles. The number of hydrogen-bond donors (Lipinski definition) is 2. The van der Waals surface area contributed by atoms with Gasteiger partial charge in [-0.2, -0.15) is 0 Å². The standard InChI is InChI=1S/C4H6N2O2S/c1-2-5-6-3(9-2)4(7)8/h4,7-8H,1H3. The lowest BCUT2D eigenvalue weighted by atomic mass is 10.7. The highest BCUT2D eigenvalue weighted by Crippen LogP contribution is 2.13. The van der Waals surface area contributed by atoms with Gasteiger partial charge in [-0.15, -0.1) is 10.2 Å². The van der Waals surface area contributed by atoms with Crippen LogP contribution in [0.1, 0.15) is 16.3 Å². The predicted octanol–water partition coefficient (Wildman–Crippen LogP) is -0.170. The van der Waals surface area contributed by atoms with Crippen LogP contribution in [0.4, 0.5) is 0 Å². The fourth-order valence-corrected chi connectivity index (χ4v) is 0.988. The average molecular weight is 146 g/mol. The van der Waals surface area contributed by atoms with Crippen molar-refractivity contribution in [2.75, 3.05) is 0 Å². The van der Waals surface area contributed by atoms with Crippen molar-refractivity contribution in [3.63, 3.8) is 0 Å². The first-order chi connectivity index (χ1) is 4.20. The molecule has 50 valence electrons. The fourth-order valence-electron chi connectivity index (χ4n) is 0.416. The summed E-state index contributed by atoms with van der Waals surface area (Å²) < 4.78 is 0. The molecule has 0 aromatic carbocycles. The Labute approximate surface area is 55.8 Å². The number of hydrogen-bond acceptors (Lipinski definition) is 5. The van der Waals surface area contributed by atoms with Gasteiger partial charge in [0.1, 0.15) is 5.01 Å². The van der Waals surface area contributed by atoms with Gasteiger partial charge in [-0.3, -0.25) is 0 Å². The molecule has 0 fully saturated rings. The van der Waals surface area contributed by atoms with Crippen LogP contribution < -0.4 is 0 Å². The minimum atomic E-state index is -1.48. The van der Waals surface area contributed by atoms with Gasteiger partial charge in [-0.05, 0) is 6.92 Å². The van der Waals surface area contributed by atoms with Crippen LogP contribution in [0.25, 0.3) is 0 Å². The normalized spacial score (nSPS) is 10.7. The van der Waals surface area contributed by atoms with Gasteiger partial charge in [0.15, 0.2) is 5.01 Å². The van der Waals surface area contributed by atoms with Gasteiger partial charge >= 0.3 is 0 Å². The molecule has 0 aliphatic heterocycles. The molecule has 4 nitrogen and oxygen atoms in total. The average Bonchev–Trinajstić information content (AvgIpc) is 2.14. The van der Waals surface area contributed by atoms with Gasteiger partial charge in [0, 0.05) is 0 Å². The third-order valence-electron chi connectivity index (χ3n) is 0.763. The molecule has 0 atom stereocenters. The molecule has 0 bridgehead atoms. The van der Waals surface area contributed by atoms with Gasteiger partial charge in [0.2, 0.25) is 6.29 Å². The Hall–Kier alpha value is -0.520. The topological polar surface area (TPSA) is 66.2 Å². The van der Waals surface area contributed by atoms with E-state index in [1.165, 1.54) is 11.3 Å². The molecular formula is C4H6N2O2S. The maximum atomic E-state index is 8.50. The van der Waals surface area contributed by atoms with E-state index in [-0.39, 0.29) is 5.01 Å². The fraction of sp³-hybridized carbons (Fsp3) is 0.500. The third kappa shape index (κ3) is 1.44. The maximum Gasteiger partial charge on any atom is 0.207 e. The van der Waals surface area contributed by atoms with Crippen LogP contribution in [-0.2, 0) is 0 Å². The molecule has 5 heteroatoms. The van der Waals surface area contributed by atoms with E-state index in [9.17, 15) is 0 Å². The first kappa shape index (κ1) is 6.60. The van der Waals surface area contributed by atoms with Crippen LogP contribution in [-0.4, -0.2) is 20.4 Å². The monoisotopic (exact) mass is 146 g/mol. The van der Waals surface area contributed by atoms with E-state index in [2.05, 4.69) is 10.2 Å².